The molecule has 3 rings (SSSR count). The number of piperidine rings is 1. The smallest absolute Gasteiger partial charge is 0.328 e. The molecule has 2 fully saturated rings. The molecular formula is C20H24Cl2N2O3. The van der Waals surface area contributed by atoms with Crippen molar-refractivity contribution < 1.29 is 14.7 Å². The van der Waals surface area contributed by atoms with E-state index >= 15 is 0 Å². The standard InChI is InChI=1S/C20H24Cl2N2O3/c21-17-4-3-14(10-18(17)22)11-19(25)24-8-5-15(12-20(26)27)9-16(24)13-23-6-1-2-7-23/h3-4,10,12,16H,1-2,5-9,11,13H2,(H,26,27)/b15-12-. The molecule has 1 N–H and O–H groups in total. The number of carboxylic acid groups (broad SMARTS) is 1. The number of nitrogens with zero attached hydrogens (tertiary/aromatic N) is 2. The number of amides is 1. The summed E-state index contributed by atoms with van der Waals surface area (Å²) in [5, 5.41) is 9.98. The molecule has 1 aromatic rings. The Morgan fingerprint density at radius 2 is 1.89 bits per heavy atom. The Hall–Kier alpha value is -1.56. The first-order valence-corrected chi connectivity index (χ1v) is 10.1. The van der Waals surface area contributed by atoms with E-state index in [-0.39, 0.29) is 18.4 Å². The van der Waals surface area contributed by atoms with Crippen molar-refractivity contribution in [2.24, 2.45) is 0 Å². The van der Waals surface area contributed by atoms with Gasteiger partial charge in [0, 0.05) is 25.2 Å². The van der Waals surface area contributed by atoms with Gasteiger partial charge < -0.3 is 14.9 Å². The summed E-state index contributed by atoms with van der Waals surface area (Å²) in [5.74, 6) is -0.868. The van der Waals surface area contributed by atoms with Crippen molar-refractivity contribution in [3.05, 3.63) is 45.5 Å². The van der Waals surface area contributed by atoms with E-state index in [1.807, 2.05) is 11.0 Å². The van der Waals surface area contributed by atoms with Crippen LogP contribution in [-0.4, -0.2) is 59.0 Å². The summed E-state index contributed by atoms with van der Waals surface area (Å²) in [5.41, 5.74) is 1.74. The molecule has 0 bridgehead atoms. The number of carbonyl (C=O) groups is 2. The monoisotopic (exact) mass is 410 g/mol. The van der Waals surface area contributed by atoms with Gasteiger partial charge in [-0.25, -0.2) is 4.79 Å². The van der Waals surface area contributed by atoms with E-state index in [1.165, 1.54) is 18.9 Å². The first-order valence-electron chi connectivity index (χ1n) is 9.30. The summed E-state index contributed by atoms with van der Waals surface area (Å²) in [6, 6.07) is 5.27. The number of halogens is 2. The summed E-state index contributed by atoms with van der Waals surface area (Å²) in [6.07, 6.45) is 5.17. The van der Waals surface area contributed by atoms with Crippen molar-refractivity contribution in [3.63, 3.8) is 0 Å². The minimum absolute atomic E-state index is 0.0118. The molecule has 2 heterocycles. The molecule has 1 unspecified atom stereocenters. The lowest BCUT2D eigenvalue weighted by atomic mass is 9.94. The third-order valence-electron chi connectivity index (χ3n) is 5.27. The van der Waals surface area contributed by atoms with E-state index in [9.17, 15) is 9.59 Å². The van der Waals surface area contributed by atoms with Crippen LogP contribution in [0, 0.1) is 0 Å². The van der Waals surface area contributed by atoms with E-state index < -0.39 is 5.97 Å². The molecule has 2 aliphatic rings. The second kappa shape index (κ2) is 9.09. The second-order valence-electron chi connectivity index (χ2n) is 7.27. The quantitative estimate of drug-likeness (QED) is 0.752. The van der Waals surface area contributed by atoms with Crippen molar-refractivity contribution in [1.29, 1.82) is 0 Å². The number of benzene rings is 1. The molecule has 2 aliphatic heterocycles. The number of carboxylic acids is 1. The highest BCUT2D eigenvalue weighted by molar-refractivity contribution is 6.42. The second-order valence-corrected chi connectivity index (χ2v) is 8.08. The number of likely N-dealkylation sites (tertiary alicyclic amines) is 2. The Kier molecular flexibility index (Phi) is 6.79. The van der Waals surface area contributed by atoms with Gasteiger partial charge >= 0.3 is 5.97 Å². The average molecular weight is 411 g/mol. The zero-order chi connectivity index (χ0) is 19.4. The Morgan fingerprint density at radius 1 is 1.15 bits per heavy atom. The fourth-order valence-corrected chi connectivity index (χ4v) is 4.27. The largest absolute Gasteiger partial charge is 0.478 e. The molecule has 1 atom stereocenters. The van der Waals surface area contributed by atoms with Crippen molar-refractivity contribution in [3.8, 4) is 0 Å². The van der Waals surface area contributed by atoms with Gasteiger partial charge in [0.15, 0.2) is 0 Å². The van der Waals surface area contributed by atoms with Gasteiger partial charge in [0.25, 0.3) is 0 Å². The van der Waals surface area contributed by atoms with E-state index in [0.29, 0.717) is 29.4 Å². The van der Waals surface area contributed by atoms with Crippen LogP contribution in [0.5, 0.6) is 0 Å². The molecule has 27 heavy (non-hydrogen) atoms. The summed E-state index contributed by atoms with van der Waals surface area (Å²) >= 11 is 12.0. The molecule has 2 saturated heterocycles. The van der Waals surface area contributed by atoms with Crippen molar-refractivity contribution in [2.75, 3.05) is 26.2 Å². The highest BCUT2D eigenvalue weighted by Gasteiger charge is 2.31. The lowest BCUT2D eigenvalue weighted by Gasteiger charge is -2.39. The molecule has 1 amide bonds. The molecule has 1 aromatic carbocycles. The number of hydrogen-bond acceptors (Lipinski definition) is 3. The molecule has 146 valence electrons. The van der Waals surface area contributed by atoms with Gasteiger partial charge in [0.2, 0.25) is 5.91 Å². The zero-order valence-corrected chi connectivity index (χ0v) is 16.7. The van der Waals surface area contributed by atoms with E-state index in [4.69, 9.17) is 28.3 Å². The first kappa shape index (κ1) is 20.2. The van der Waals surface area contributed by atoms with Crippen LogP contribution in [0.15, 0.2) is 29.8 Å². The Bertz CT molecular complexity index is 745. The van der Waals surface area contributed by atoms with Crippen LogP contribution in [-0.2, 0) is 16.0 Å². The van der Waals surface area contributed by atoms with Gasteiger partial charge in [-0.05, 0) is 56.5 Å². The molecular weight excluding hydrogens is 387 g/mol. The Balaban J connectivity index is 1.72. The highest BCUT2D eigenvalue weighted by Crippen LogP contribution is 2.27. The molecule has 5 nitrogen and oxygen atoms in total. The summed E-state index contributed by atoms with van der Waals surface area (Å²) in [4.78, 5) is 28.3. The summed E-state index contributed by atoms with van der Waals surface area (Å²) < 4.78 is 0. The van der Waals surface area contributed by atoms with E-state index in [0.717, 1.165) is 30.8 Å². The number of aliphatic carboxylic acids is 1. The maximum Gasteiger partial charge on any atom is 0.328 e. The predicted octanol–water partition coefficient (Wildman–Crippen LogP) is 3.63. The maximum atomic E-state index is 13.0. The zero-order valence-electron chi connectivity index (χ0n) is 15.2. The van der Waals surface area contributed by atoms with E-state index in [2.05, 4.69) is 4.90 Å². The fraction of sp³-hybridized carbons (Fsp3) is 0.500. The van der Waals surface area contributed by atoms with Gasteiger partial charge in [-0.2, -0.15) is 0 Å². The summed E-state index contributed by atoms with van der Waals surface area (Å²) in [6.45, 7) is 3.44. The first-order chi connectivity index (χ1) is 12.9. The van der Waals surface area contributed by atoms with Gasteiger partial charge in [-0.3, -0.25) is 4.79 Å². The average Bonchev–Trinajstić information content (AvgIpc) is 3.11. The minimum atomic E-state index is -0.916. The van der Waals surface area contributed by atoms with Crippen molar-refractivity contribution in [1.82, 2.24) is 9.80 Å². The minimum Gasteiger partial charge on any atom is -0.478 e. The molecule has 0 spiro atoms. The topological polar surface area (TPSA) is 60.9 Å². The Labute approximate surface area is 169 Å². The predicted molar refractivity (Wildman–Crippen MR) is 106 cm³/mol. The van der Waals surface area contributed by atoms with Crippen LogP contribution in [0.25, 0.3) is 0 Å². The molecule has 0 saturated carbocycles. The highest BCUT2D eigenvalue weighted by atomic mass is 35.5. The summed E-state index contributed by atoms with van der Waals surface area (Å²) in [7, 11) is 0. The fourth-order valence-electron chi connectivity index (χ4n) is 3.95. The third kappa shape index (κ3) is 5.47. The van der Waals surface area contributed by atoms with Gasteiger partial charge in [0.1, 0.15) is 0 Å². The van der Waals surface area contributed by atoms with Crippen LogP contribution < -0.4 is 0 Å². The third-order valence-corrected chi connectivity index (χ3v) is 6.01. The number of carbonyl (C=O) groups excluding carboxylic acids is 1. The molecule has 0 aliphatic carbocycles. The lowest BCUT2D eigenvalue weighted by molar-refractivity contribution is -0.133. The number of rotatable bonds is 5. The van der Waals surface area contributed by atoms with Gasteiger partial charge in [0.05, 0.1) is 16.5 Å². The SMILES string of the molecule is O=C(O)/C=C1/CCN(C(=O)Cc2ccc(Cl)c(Cl)c2)C(CN2CCCC2)C1. The maximum absolute atomic E-state index is 13.0. The molecule has 0 aromatic heterocycles. The van der Waals surface area contributed by atoms with Crippen LogP contribution in [0.1, 0.15) is 31.2 Å². The van der Waals surface area contributed by atoms with Crippen molar-refractivity contribution >= 4 is 35.1 Å². The van der Waals surface area contributed by atoms with Crippen LogP contribution in [0.4, 0.5) is 0 Å². The molecule has 7 heteroatoms. The number of hydrogen-bond donors (Lipinski definition) is 1. The van der Waals surface area contributed by atoms with Gasteiger partial charge in [-0.1, -0.05) is 34.8 Å². The van der Waals surface area contributed by atoms with Gasteiger partial charge in [-0.15, -0.1) is 0 Å². The molecule has 0 radical (unpaired) electrons. The van der Waals surface area contributed by atoms with Crippen molar-refractivity contribution in [2.45, 2.75) is 38.1 Å². The normalized spacial score (nSPS) is 22.4. The van der Waals surface area contributed by atoms with E-state index in [1.54, 1.807) is 12.1 Å². The van der Waals surface area contributed by atoms with Crippen LogP contribution >= 0.6 is 23.2 Å². The van der Waals surface area contributed by atoms with Crippen LogP contribution in [0.3, 0.4) is 0 Å². The Morgan fingerprint density at radius 3 is 2.56 bits per heavy atom. The van der Waals surface area contributed by atoms with Crippen LogP contribution in [0.2, 0.25) is 10.0 Å². The lowest BCUT2D eigenvalue weighted by Crippen LogP contribution is -2.50.